The third kappa shape index (κ3) is 3.44. The summed E-state index contributed by atoms with van der Waals surface area (Å²) in [5, 5.41) is 0. The highest BCUT2D eigenvalue weighted by atomic mass is 32.1. The summed E-state index contributed by atoms with van der Waals surface area (Å²) < 4.78 is 4.64. The van der Waals surface area contributed by atoms with Gasteiger partial charge in [-0.15, -0.1) is 0 Å². The van der Waals surface area contributed by atoms with Gasteiger partial charge < -0.3 is 4.74 Å². The summed E-state index contributed by atoms with van der Waals surface area (Å²) in [5.41, 5.74) is 2.73. The molecule has 0 aromatic heterocycles. The number of esters is 1. The summed E-state index contributed by atoms with van der Waals surface area (Å²) in [4.78, 5) is 11.3. The van der Waals surface area contributed by atoms with Crippen molar-refractivity contribution in [2.75, 3.05) is 12.9 Å². The van der Waals surface area contributed by atoms with E-state index in [1.807, 2.05) is 31.2 Å². The number of ether oxygens (including phenoxy) is 1. The highest BCUT2D eigenvalue weighted by Crippen LogP contribution is 2.10. The van der Waals surface area contributed by atoms with Gasteiger partial charge in [-0.25, -0.2) is 4.79 Å². The molecule has 0 atom stereocenters. The van der Waals surface area contributed by atoms with Gasteiger partial charge in [0.2, 0.25) is 0 Å². The Labute approximate surface area is 95.4 Å². The van der Waals surface area contributed by atoms with Crippen LogP contribution in [0.4, 0.5) is 0 Å². The molecule has 0 fully saturated rings. The molecule has 0 saturated carbocycles. The number of aryl methyl sites for hydroxylation is 1. The minimum atomic E-state index is -0.328. The highest BCUT2D eigenvalue weighted by Gasteiger charge is 2.06. The van der Waals surface area contributed by atoms with Gasteiger partial charge in [0.15, 0.2) is 0 Å². The summed E-state index contributed by atoms with van der Waals surface area (Å²) in [5.74, 6) is 0.0474. The van der Waals surface area contributed by atoms with E-state index in [-0.39, 0.29) is 5.97 Å². The van der Waals surface area contributed by atoms with E-state index < -0.39 is 0 Å². The summed E-state index contributed by atoms with van der Waals surface area (Å²) >= 11 is 4.09. The summed E-state index contributed by atoms with van der Waals surface area (Å²) in [6.45, 7) is 2.02. The normalized spacial score (nSPS) is 11.3. The molecule has 0 aliphatic heterocycles. The molecule has 1 aromatic rings. The van der Waals surface area contributed by atoms with E-state index in [1.165, 1.54) is 12.7 Å². The van der Waals surface area contributed by atoms with Crippen molar-refractivity contribution in [3.8, 4) is 0 Å². The zero-order chi connectivity index (χ0) is 11.3. The molecular weight excluding hydrogens is 208 g/mol. The van der Waals surface area contributed by atoms with E-state index in [1.54, 1.807) is 6.08 Å². The number of thiol groups is 1. The largest absolute Gasteiger partial charge is 0.466 e. The van der Waals surface area contributed by atoms with E-state index in [0.717, 1.165) is 5.56 Å². The number of carbonyl (C=O) groups excluding carboxylic acids is 1. The van der Waals surface area contributed by atoms with Crippen molar-refractivity contribution >= 4 is 24.7 Å². The molecule has 0 N–H and O–H groups in total. The Bertz CT molecular complexity index is 366. The SMILES string of the molecule is COC(=O)/C(=C/c1ccc(C)cc1)CS. The second-order valence-corrected chi connectivity index (χ2v) is 3.55. The summed E-state index contributed by atoms with van der Waals surface area (Å²) in [6, 6.07) is 7.92. The first kappa shape index (κ1) is 11.9. The Morgan fingerprint density at radius 1 is 1.40 bits per heavy atom. The van der Waals surface area contributed by atoms with Crippen LogP contribution in [-0.4, -0.2) is 18.8 Å². The van der Waals surface area contributed by atoms with Crippen molar-refractivity contribution in [3.05, 3.63) is 41.0 Å². The Morgan fingerprint density at radius 3 is 2.47 bits per heavy atom. The van der Waals surface area contributed by atoms with Gasteiger partial charge in [-0.2, -0.15) is 12.6 Å². The molecule has 0 radical (unpaired) electrons. The second-order valence-electron chi connectivity index (χ2n) is 3.23. The van der Waals surface area contributed by atoms with E-state index in [4.69, 9.17) is 0 Å². The first-order valence-corrected chi connectivity index (χ1v) is 5.27. The number of rotatable bonds is 3. The van der Waals surface area contributed by atoms with Crippen molar-refractivity contribution < 1.29 is 9.53 Å². The first-order valence-electron chi connectivity index (χ1n) is 4.63. The number of carbonyl (C=O) groups is 1. The molecule has 0 heterocycles. The molecule has 1 rings (SSSR count). The van der Waals surface area contributed by atoms with Gasteiger partial charge in [0.1, 0.15) is 0 Å². The zero-order valence-electron chi connectivity index (χ0n) is 8.86. The molecule has 1 aromatic carbocycles. The molecule has 15 heavy (non-hydrogen) atoms. The molecule has 0 aliphatic carbocycles. The lowest BCUT2D eigenvalue weighted by atomic mass is 10.1. The molecule has 2 nitrogen and oxygen atoms in total. The lowest BCUT2D eigenvalue weighted by Gasteiger charge is -2.02. The van der Waals surface area contributed by atoms with Crippen molar-refractivity contribution in [1.29, 1.82) is 0 Å². The Kier molecular flexibility index (Phi) is 4.43. The van der Waals surface area contributed by atoms with Crippen LogP contribution in [0.1, 0.15) is 11.1 Å². The number of hydrogen-bond acceptors (Lipinski definition) is 3. The van der Waals surface area contributed by atoms with Gasteiger partial charge in [0.05, 0.1) is 7.11 Å². The summed E-state index contributed by atoms with van der Waals surface area (Å²) in [7, 11) is 1.37. The van der Waals surface area contributed by atoms with Crippen LogP contribution >= 0.6 is 12.6 Å². The van der Waals surface area contributed by atoms with Crippen molar-refractivity contribution in [2.24, 2.45) is 0 Å². The zero-order valence-corrected chi connectivity index (χ0v) is 9.75. The van der Waals surface area contributed by atoms with Crippen LogP contribution in [0.2, 0.25) is 0 Å². The minimum absolute atomic E-state index is 0.328. The fraction of sp³-hybridized carbons (Fsp3) is 0.250. The average molecular weight is 222 g/mol. The predicted octanol–water partition coefficient (Wildman–Crippen LogP) is 2.48. The van der Waals surface area contributed by atoms with Crippen molar-refractivity contribution in [1.82, 2.24) is 0 Å². The van der Waals surface area contributed by atoms with E-state index in [9.17, 15) is 4.79 Å². The van der Waals surface area contributed by atoms with Gasteiger partial charge in [-0.1, -0.05) is 29.8 Å². The molecule has 0 unspecified atom stereocenters. The minimum Gasteiger partial charge on any atom is -0.466 e. The molecule has 80 valence electrons. The second kappa shape index (κ2) is 5.61. The number of methoxy groups -OCH3 is 1. The third-order valence-electron chi connectivity index (χ3n) is 2.04. The summed E-state index contributed by atoms with van der Waals surface area (Å²) in [6.07, 6.45) is 1.79. The van der Waals surface area contributed by atoms with Gasteiger partial charge in [0.25, 0.3) is 0 Å². The van der Waals surface area contributed by atoms with Gasteiger partial charge in [-0.3, -0.25) is 0 Å². The van der Waals surface area contributed by atoms with Crippen molar-refractivity contribution in [3.63, 3.8) is 0 Å². The van der Waals surface area contributed by atoms with Crippen LogP contribution in [0.25, 0.3) is 6.08 Å². The van der Waals surface area contributed by atoms with Gasteiger partial charge in [0, 0.05) is 11.3 Å². The lowest BCUT2D eigenvalue weighted by Crippen LogP contribution is -2.05. The van der Waals surface area contributed by atoms with E-state index in [0.29, 0.717) is 11.3 Å². The standard InChI is InChI=1S/C12H14O2S/c1-9-3-5-10(6-4-9)7-11(8-15)12(13)14-2/h3-7,15H,8H2,1-2H3/b11-7+. The monoisotopic (exact) mass is 222 g/mol. The van der Waals surface area contributed by atoms with Crippen LogP contribution in [0, 0.1) is 6.92 Å². The molecule has 0 saturated heterocycles. The predicted molar refractivity (Wildman–Crippen MR) is 65.0 cm³/mol. The van der Waals surface area contributed by atoms with Crippen molar-refractivity contribution in [2.45, 2.75) is 6.92 Å². The fourth-order valence-corrected chi connectivity index (χ4v) is 1.38. The molecule has 0 aliphatic rings. The molecule has 0 bridgehead atoms. The first-order chi connectivity index (χ1) is 7.17. The van der Waals surface area contributed by atoms with Crippen LogP contribution in [0.3, 0.4) is 0 Å². The van der Waals surface area contributed by atoms with Gasteiger partial charge >= 0.3 is 5.97 Å². The average Bonchev–Trinajstić information content (AvgIpc) is 2.27. The maximum atomic E-state index is 11.3. The lowest BCUT2D eigenvalue weighted by molar-refractivity contribution is -0.135. The van der Waals surface area contributed by atoms with Crippen LogP contribution in [0.15, 0.2) is 29.8 Å². The molecule has 0 amide bonds. The maximum absolute atomic E-state index is 11.3. The van der Waals surface area contributed by atoms with Crippen LogP contribution in [0.5, 0.6) is 0 Å². The van der Waals surface area contributed by atoms with Crippen LogP contribution in [-0.2, 0) is 9.53 Å². The topological polar surface area (TPSA) is 26.3 Å². The van der Waals surface area contributed by atoms with E-state index >= 15 is 0 Å². The third-order valence-corrected chi connectivity index (χ3v) is 2.38. The molecular formula is C12H14O2S. The number of benzene rings is 1. The smallest absolute Gasteiger partial charge is 0.334 e. The van der Waals surface area contributed by atoms with Gasteiger partial charge in [-0.05, 0) is 18.6 Å². The Morgan fingerprint density at radius 2 is 2.00 bits per heavy atom. The molecule has 3 heteroatoms. The van der Waals surface area contributed by atoms with E-state index in [2.05, 4.69) is 17.4 Å². The Hall–Kier alpha value is -1.22. The fourth-order valence-electron chi connectivity index (χ4n) is 1.16. The Balaban J connectivity index is 2.93. The quantitative estimate of drug-likeness (QED) is 0.483. The van der Waals surface area contributed by atoms with Crippen LogP contribution < -0.4 is 0 Å². The highest BCUT2D eigenvalue weighted by molar-refractivity contribution is 7.80. The molecule has 0 spiro atoms. The maximum Gasteiger partial charge on any atom is 0.334 e. The number of hydrogen-bond donors (Lipinski definition) is 1.